The van der Waals surface area contributed by atoms with Crippen LogP contribution in [0.5, 0.6) is 0 Å². The first-order chi connectivity index (χ1) is 8.67. The van der Waals surface area contributed by atoms with E-state index in [1.807, 2.05) is 0 Å². The molecule has 1 spiro atoms. The lowest BCUT2D eigenvalue weighted by atomic mass is 9.77. The molecule has 1 N–H and O–H groups in total. The minimum atomic E-state index is -0.757. The van der Waals surface area contributed by atoms with Crippen molar-refractivity contribution in [3.8, 4) is 0 Å². The molecular weight excluding hydrogens is 226 g/mol. The third-order valence-electron chi connectivity index (χ3n) is 4.49. The van der Waals surface area contributed by atoms with E-state index in [1.165, 1.54) is 24.8 Å². The van der Waals surface area contributed by atoms with E-state index in [0.29, 0.717) is 5.41 Å². The van der Waals surface area contributed by atoms with Crippen molar-refractivity contribution >= 4 is 6.09 Å². The molecule has 1 saturated heterocycles. The van der Waals surface area contributed by atoms with Crippen molar-refractivity contribution in [3.63, 3.8) is 0 Å². The number of likely N-dealkylation sites (tertiary alicyclic amines) is 1. The van der Waals surface area contributed by atoms with Gasteiger partial charge in [-0.3, -0.25) is 0 Å². The second kappa shape index (κ2) is 4.30. The first-order valence-corrected chi connectivity index (χ1v) is 6.69. The van der Waals surface area contributed by atoms with Gasteiger partial charge in [-0.15, -0.1) is 0 Å². The van der Waals surface area contributed by atoms with Crippen LogP contribution >= 0.6 is 0 Å². The predicted octanol–water partition coefficient (Wildman–Crippen LogP) is 3.01. The molecule has 2 fully saturated rings. The Hall–Kier alpha value is -1.51. The second-order valence-corrected chi connectivity index (χ2v) is 5.94. The SMILES string of the molecule is O=C(O)N1CC2(CCC(Cc3ccccc3)C2)C1. The zero-order chi connectivity index (χ0) is 12.6. The quantitative estimate of drug-likeness (QED) is 0.870. The van der Waals surface area contributed by atoms with Crippen LogP contribution < -0.4 is 0 Å². The Morgan fingerprint density at radius 3 is 2.72 bits per heavy atom. The van der Waals surface area contributed by atoms with Crippen LogP contribution in [0.2, 0.25) is 0 Å². The number of amides is 1. The maximum atomic E-state index is 10.8. The molecule has 1 aromatic carbocycles. The number of carboxylic acid groups (broad SMARTS) is 1. The number of hydrogen-bond acceptors (Lipinski definition) is 1. The van der Waals surface area contributed by atoms with Gasteiger partial charge in [0.15, 0.2) is 0 Å². The summed E-state index contributed by atoms with van der Waals surface area (Å²) < 4.78 is 0. The molecule has 1 atom stereocenters. The van der Waals surface area contributed by atoms with E-state index in [9.17, 15) is 4.79 Å². The summed E-state index contributed by atoms with van der Waals surface area (Å²) in [7, 11) is 0. The lowest BCUT2D eigenvalue weighted by Gasteiger charge is -2.46. The van der Waals surface area contributed by atoms with Crippen molar-refractivity contribution in [1.82, 2.24) is 4.90 Å². The average Bonchev–Trinajstić information content (AvgIpc) is 2.72. The Bertz CT molecular complexity index is 437. The van der Waals surface area contributed by atoms with Crippen LogP contribution in [0, 0.1) is 11.3 Å². The minimum Gasteiger partial charge on any atom is -0.465 e. The largest absolute Gasteiger partial charge is 0.465 e. The van der Waals surface area contributed by atoms with Crippen molar-refractivity contribution in [2.45, 2.75) is 25.7 Å². The first-order valence-electron chi connectivity index (χ1n) is 6.69. The summed E-state index contributed by atoms with van der Waals surface area (Å²) in [4.78, 5) is 12.4. The molecule has 1 aliphatic carbocycles. The molecule has 1 amide bonds. The molecule has 3 nitrogen and oxygen atoms in total. The van der Waals surface area contributed by atoms with Crippen LogP contribution in [0.1, 0.15) is 24.8 Å². The van der Waals surface area contributed by atoms with E-state index >= 15 is 0 Å². The maximum absolute atomic E-state index is 10.8. The van der Waals surface area contributed by atoms with E-state index in [1.54, 1.807) is 4.90 Å². The summed E-state index contributed by atoms with van der Waals surface area (Å²) in [5, 5.41) is 8.90. The fraction of sp³-hybridized carbons (Fsp3) is 0.533. The highest BCUT2D eigenvalue weighted by molar-refractivity contribution is 5.66. The molecular formula is C15H19NO2. The highest BCUT2D eigenvalue weighted by Crippen LogP contribution is 2.48. The van der Waals surface area contributed by atoms with Crippen LogP contribution in [0.15, 0.2) is 30.3 Å². The molecule has 18 heavy (non-hydrogen) atoms. The summed E-state index contributed by atoms with van der Waals surface area (Å²) in [6.07, 6.45) is 4.05. The van der Waals surface area contributed by atoms with E-state index in [4.69, 9.17) is 5.11 Å². The summed E-state index contributed by atoms with van der Waals surface area (Å²) >= 11 is 0. The van der Waals surface area contributed by atoms with Crippen LogP contribution in [0.25, 0.3) is 0 Å². The van der Waals surface area contributed by atoms with Gasteiger partial charge in [0.25, 0.3) is 0 Å². The monoisotopic (exact) mass is 245 g/mol. The fourth-order valence-electron chi connectivity index (χ4n) is 3.63. The maximum Gasteiger partial charge on any atom is 0.407 e. The Kier molecular flexibility index (Phi) is 2.77. The van der Waals surface area contributed by atoms with Gasteiger partial charge in [-0.25, -0.2) is 4.79 Å². The molecule has 3 rings (SSSR count). The third-order valence-corrected chi connectivity index (χ3v) is 4.49. The van der Waals surface area contributed by atoms with Crippen LogP contribution in [0.3, 0.4) is 0 Å². The zero-order valence-corrected chi connectivity index (χ0v) is 10.5. The van der Waals surface area contributed by atoms with Crippen LogP contribution in [-0.4, -0.2) is 29.2 Å². The first kappa shape index (κ1) is 11.6. The molecule has 0 radical (unpaired) electrons. The van der Waals surface area contributed by atoms with Gasteiger partial charge in [0.05, 0.1) is 0 Å². The smallest absolute Gasteiger partial charge is 0.407 e. The lowest BCUT2D eigenvalue weighted by Crippen LogP contribution is -2.56. The topological polar surface area (TPSA) is 40.5 Å². The van der Waals surface area contributed by atoms with E-state index in [-0.39, 0.29) is 0 Å². The second-order valence-electron chi connectivity index (χ2n) is 5.94. The number of hydrogen-bond donors (Lipinski definition) is 1. The third kappa shape index (κ3) is 2.09. The summed E-state index contributed by atoms with van der Waals surface area (Å²) in [5.74, 6) is 0.739. The van der Waals surface area contributed by atoms with Crippen molar-refractivity contribution in [2.75, 3.05) is 13.1 Å². The molecule has 1 aliphatic heterocycles. The normalized spacial score (nSPS) is 25.1. The Balaban J connectivity index is 1.55. The van der Waals surface area contributed by atoms with Crippen LogP contribution in [0.4, 0.5) is 4.79 Å². The average molecular weight is 245 g/mol. The Morgan fingerprint density at radius 1 is 1.33 bits per heavy atom. The van der Waals surface area contributed by atoms with E-state index < -0.39 is 6.09 Å². The zero-order valence-electron chi connectivity index (χ0n) is 10.5. The molecule has 1 saturated carbocycles. The minimum absolute atomic E-state index is 0.317. The van der Waals surface area contributed by atoms with Crippen molar-refractivity contribution in [1.29, 1.82) is 0 Å². The van der Waals surface area contributed by atoms with E-state index in [2.05, 4.69) is 30.3 Å². The van der Waals surface area contributed by atoms with Gasteiger partial charge >= 0.3 is 6.09 Å². The molecule has 3 heteroatoms. The van der Waals surface area contributed by atoms with Gasteiger partial charge < -0.3 is 10.0 Å². The number of benzene rings is 1. The fourth-order valence-corrected chi connectivity index (χ4v) is 3.63. The van der Waals surface area contributed by atoms with E-state index in [0.717, 1.165) is 25.4 Å². The standard InChI is InChI=1S/C15H19NO2/c17-14(18)16-10-15(11-16)7-6-13(9-15)8-12-4-2-1-3-5-12/h1-5,13H,6-11H2,(H,17,18). The molecule has 1 heterocycles. The van der Waals surface area contributed by atoms with Crippen LogP contribution in [-0.2, 0) is 6.42 Å². The van der Waals surface area contributed by atoms with Gasteiger partial charge in [-0.1, -0.05) is 30.3 Å². The van der Waals surface area contributed by atoms with Gasteiger partial charge in [0.1, 0.15) is 0 Å². The highest BCUT2D eigenvalue weighted by atomic mass is 16.4. The van der Waals surface area contributed by atoms with Crippen molar-refractivity contribution < 1.29 is 9.90 Å². The molecule has 0 aromatic heterocycles. The number of nitrogens with zero attached hydrogens (tertiary/aromatic N) is 1. The molecule has 96 valence electrons. The summed E-state index contributed by atoms with van der Waals surface area (Å²) in [6, 6.07) is 10.6. The van der Waals surface area contributed by atoms with Gasteiger partial charge in [-0.2, -0.15) is 0 Å². The Labute approximate surface area is 107 Å². The Morgan fingerprint density at radius 2 is 2.06 bits per heavy atom. The van der Waals surface area contributed by atoms with Crippen molar-refractivity contribution in [3.05, 3.63) is 35.9 Å². The van der Waals surface area contributed by atoms with Gasteiger partial charge in [0.2, 0.25) is 0 Å². The molecule has 1 unspecified atom stereocenters. The van der Waals surface area contributed by atoms with Gasteiger partial charge in [-0.05, 0) is 37.2 Å². The summed E-state index contributed by atoms with van der Waals surface area (Å²) in [5.41, 5.74) is 1.73. The predicted molar refractivity (Wildman–Crippen MR) is 69.5 cm³/mol. The molecule has 2 aliphatic rings. The lowest BCUT2D eigenvalue weighted by molar-refractivity contribution is 0.0124. The van der Waals surface area contributed by atoms with Crippen molar-refractivity contribution in [2.24, 2.45) is 11.3 Å². The molecule has 1 aromatic rings. The number of rotatable bonds is 2. The number of carbonyl (C=O) groups is 1. The highest BCUT2D eigenvalue weighted by Gasteiger charge is 2.49. The summed E-state index contributed by atoms with van der Waals surface area (Å²) in [6.45, 7) is 1.52. The van der Waals surface area contributed by atoms with Gasteiger partial charge in [0, 0.05) is 18.5 Å². The molecule has 0 bridgehead atoms.